The summed E-state index contributed by atoms with van der Waals surface area (Å²) in [5.41, 5.74) is 12.6. The van der Waals surface area contributed by atoms with Crippen molar-refractivity contribution >= 4 is 65.4 Å². The van der Waals surface area contributed by atoms with Gasteiger partial charge in [0.25, 0.3) is 0 Å². The molecule has 274 valence electrons. The summed E-state index contributed by atoms with van der Waals surface area (Å²) in [7, 11) is 0. The van der Waals surface area contributed by atoms with Crippen molar-refractivity contribution in [3.63, 3.8) is 0 Å². The minimum Gasteiger partial charge on any atom is -0.309 e. The van der Waals surface area contributed by atoms with E-state index in [0.717, 1.165) is 72.1 Å². The van der Waals surface area contributed by atoms with Crippen LogP contribution >= 0.6 is 0 Å². The van der Waals surface area contributed by atoms with E-state index in [1.165, 1.54) is 21.5 Å². The third-order valence-corrected chi connectivity index (χ3v) is 11.7. The van der Waals surface area contributed by atoms with Crippen LogP contribution in [0.4, 0.5) is 0 Å². The van der Waals surface area contributed by atoms with Gasteiger partial charge in [-0.3, -0.25) is 0 Å². The molecule has 0 amide bonds. The van der Waals surface area contributed by atoms with E-state index in [-0.39, 0.29) is 0 Å². The van der Waals surface area contributed by atoms with E-state index >= 15 is 0 Å². The first kappa shape index (κ1) is 32.9. The topological polar surface area (TPSA) is 64.4 Å². The smallest absolute Gasteiger partial charge is 0.163 e. The van der Waals surface area contributed by atoms with Crippen LogP contribution in [0.25, 0.3) is 105 Å². The predicted molar refractivity (Wildman–Crippen MR) is 241 cm³/mol. The molecule has 0 atom stereocenters. The Kier molecular flexibility index (Phi) is 7.19. The van der Waals surface area contributed by atoms with Gasteiger partial charge in [0.15, 0.2) is 5.82 Å². The average molecular weight is 753 g/mol. The maximum atomic E-state index is 10.1. The van der Waals surface area contributed by atoms with Gasteiger partial charge in [0.05, 0.1) is 44.5 Å². The molecule has 0 aliphatic carbocycles. The lowest BCUT2D eigenvalue weighted by Gasteiger charge is -2.14. The van der Waals surface area contributed by atoms with Crippen LogP contribution in [0.15, 0.2) is 194 Å². The molecule has 0 unspecified atom stereocenters. The Morgan fingerprint density at radius 3 is 1.32 bits per heavy atom. The van der Waals surface area contributed by atoms with Gasteiger partial charge in [-0.15, -0.1) is 0 Å². The first-order valence-corrected chi connectivity index (χ1v) is 19.7. The van der Waals surface area contributed by atoms with Gasteiger partial charge in [-0.1, -0.05) is 115 Å². The van der Waals surface area contributed by atoms with Crippen LogP contribution in [0.1, 0.15) is 5.69 Å². The summed E-state index contributed by atoms with van der Waals surface area (Å²) >= 11 is 0. The minimum absolute atomic E-state index is 0.317. The number of nitrogens with zero attached hydrogens (tertiary/aromatic N) is 6. The molecule has 4 aromatic heterocycles. The number of hydrogen-bond acceptors (Lipinski definition) is 3. The molecular formula is C53H32N6. The molecule has 0 radical (unpaired) electrons. The molecule has 0 aliphatic rings. The maximum absolute atomic E-state index is 10.1. The minimum atomic E-state index is 0.317. The number of hydrogen-bond donors (Lipinski definition) is 0. The Hall–Kier alpha value is -8.27. The molecule has 6 heteroatoms. The summed E-state index contributed by atoms with van der Waals surface area (Å²) in [5.74, 6) is 0.498. The van der Waals surface area contributed by atoms with Crippen molar-refractivity contribution in [3.8, 4) is 45.8 Å². The molecule has 4 heterocycles. The van der Waals surface area contributed by atoms with Crippen LogP contribution in [0.5, 0.6) is 0 Å². The van der Waals surface area contributed by atoms with Crippen LogP contribution in [-0.4, -0.2) is 23.7 Å². The Labute approximate surface area is 338 Å². The third-order valence-electron chi connectivity index (χ3n) is 11.7. The summed E-state index contributed by atoms with van der Waals surface area (Å²) in [4.78, 5) is 9.88. The van der Waals surface area contributed by atoms with Crippen molar-refractivity contribution in [2.45, 2.75) is 0 Å². The third kappa shape index (κ3) is 4.99. The molecule has 0 bridgehead atoms. The van der Waals surface area contributed by atoms with Crippen LogP contribution in [-0.2, 0) is 0 Å². The van der Waals surface area contributed by atoms with E-state index in [9.17, 15) is 5.26 Å². The molecule has 6 nitrogen and oxygen atoms in total. The normalized spacial score (nSPS) is 11.7. The molecule has 0 spiro atoms. The lowest BCUT2D eigenvalue weighted by molar-refractivity contribution is 1.12. The molecule has 0 fully saturated rings. The van der Waals surface area contributed by atoms with Crippen molar-refractivity contribution in [2.75, 3.05) is 0 Å². The molecule has 0 saturated carbocycles. The van der Waals surface area contributed by atoms with Crippen LogP contribution < -0.4 is 0 Å². The van der Waals surface area contributed by atoms with E-state index in [0.29, 0.717) is 17.2 Å². The van der Waals surface area contributed by atoms with Crippen molar-refractivity contribution < 1.29 is 0 Å². The molecular weight excluding hydrogens is 721 g/mol. The zero-order valence-corrected chi connectivity index (χ0v) is 31.7. The quantitative estimate of drug-likeness (QED) is 0.176. The number of para-hydroxylation sites is 5. The monoisotopic (exact) mass is 752 g/mol. The first-order valence-electron chi connectivity index (χ1n) is 19.7. The fraction of sp³-hybridized carbons (Fsp3) is 0. The van der Waals surface area contributed by atoms with Crippen LogP contribution in [0.2, 0.25) is 0 Å². The Morgan fingerprint density at radius 2 is 0.814 bits per heavy atom. The highest BCUT2D eigenvalue weighted by Gasteiger charge is 2.21. The second-order valence-electron chi connectivity index (χ2n) is 14.9. The van der Waals surface area contributed by atoms with Gasteiger partial charge >= 0.3 is 0 Å². The molecule has 0 aliphatic heterocycles. The Balaban J connectivity index is 1.16. The molecule has 8 aromatic carbocycles. The van der Waals surface area contributed by atoms with Gasteiger partial charge in [0, 0.05) is 60.9 Å². The summed E-state index contributed by atoms with van der Waals surface area (Å²) < 4.78 is 7.09. The van der Waals surface area contributed by atoms with Crippen molar-refractivity contribution in [3.05, 3.63) is 200 Å². The molecule has 0 saturated heterocycles. The second-order valence-corrected chi connectivity index (χ2v) is 14.9. The van der Waals surface area contributed by atoms with E-state index in [2.05, 4.69) is 171 Å². The highest BCUT2D eigenvalue weighted by molar-refractivity contribution is 6.14. The number of rotatable bonds is 5. The van der Waals surface area contributed by atoms with E-state index in [4.69, 9.17) is 9.97 Å². The summed E-state index contributed by atoms with van der Waals surface area (Å²) in [6.45, 7) is 0. The lowest BCUT2D eigenvalue weighted by atomic mass is 10.1. The Bertz CT molecular complexity index is 3410. The van der Waals surface area contributed by atoms with E-state index in [1.807, 2.05) is 36.4 Å². The summed E-state index contributed by atoms with van der Waals surface area (Å²) in [5, 5.41) is 17.3. The fourth-order valence-corrected chi connectivity index (χ4v) is 9.18. The van der Waals surface area contributed by atoms with Gasteiger partial charge in [0.1, 0.15) is 11.8 Å². The number of aromatic nitrogens is 5. The van der Waals surface area contributed by atoms with Gasteiger partial charge in [-0.25, -0.2) is 9.97 Å². The summed E-state index contributed by atoms with van der Waals surface area (Å²) in [6.07, 6.45) is 0. The highest BCUT2D eigenvalue weighted by atomic mass is 15.0. The largest absolute Gasteiger partial charge is 0.309 e. The molecule has 59 heavy (non-hydrogen) atoms. The standard InChI is InChI=1S/C53H32N6/c54-33-35-30-45(34-14-2-1-3-15-34)56-53(55-35)42-20-8-13-25-50(42)59-51-28-26-36(57-46-21-9-4-16-38(46)39-17-5-10-22-47(39)57)31-43(51)44-32-37(27-29-52(44)59)58-48-23-11-6-18-40(48)41-19-7-12-24-49(41)58/h1-32H. The fourth-order valence-electron chi connectivity index (χ4n) is 9.18. The first-order chi connectivity index (χ1) is 29.2. The predicted octanol–water partition coefficient (Wildman–Crippen LogP) is 13.0. The second kappa shape index (κ2) is 12.9. The zero-order chi connectivity index (χ0) is 39.0. The van der Waals surface area contributed by atoms with E-state index in [1.54, 1.807) is 6.07 Å². The molecule has 12 aromatic rings. The Morgan fingerprint density at radius 1 is 0.373 bits per heavy atom. The van der Waals surface area contributed by atoms with Crippen LogP contribution in [0, 0.1) is 11.3 Å². The van der Waals surface area contributed by atoms with Gasteiger partial charge < -0.3 is 13.7 Å². The van der Waals surface area contributed by atoms with Crippen LogP contribution in [0.3, 0.4) is 0 Å². The molecule has 0 N–H and O–H groups in total. The highest BCUT2D eigenvalue weighted by Crippen LogP contribution is 2.41. The van der Waals surface area contributed by atoms with Gasteiger partial charge in [-0.05, 0) is 72.8 Å². The zero-order valence-electron chi connectivity index (χ0n) is 31.7. The number of nitriles is 1. The van der Waals surface area contributed by atoms with Crippen molar-refractivity contribution in [2.24, 2.45) is 0 Å². The van der Waals surface area contributed by atoms with Gasteiger partial charge in [0.2, 0.25) is 0 Å². The molecule has 12 rings (SSSR count). The van der Waals surface area contributed by atoms with E-state index < -0.39 is 0 Å². The number of fused-ring (bicyclic) bond motifs is 9. The SMILES string of the molecule is N#Cc1cc(-c2ccccc2)nc(-c2ccccc2-n2c3ccc(-n4c5ccccc5c5ccccc54)cc3c3cc(-n4c5ccccc5c5ccccc54)ccc32)n1. The summed E-state index contributed by atoms with van der Waals surface area (Å²) in [6, 6.07) is 70.5. The lowest BCUT2D eigenvalue weighted by Crippen LogP contribution is -2.02. The van der Waals surface area contributed by atoms with Crippen molar-refractivity contribution in [1.29, 1.82) is 5.26 Å². The van der Waals surface area contributed by atoms with Gasteiger partial charge in [-0.2, -0.15) is 5.26 Å². The van der Waals surface area contributed by atoms with Crippen molar-refractivity contribution in [1.82, 2.24) is 23.7 Å². The number of benzene rings is 8. The maximum Gasteiger partial charge on any atom is 0.163 e. The average Bonchev–Trinajstić information content (AvgIpc) is 3.94.